The Hall–Kier alpha value is -1.95. The number of sulfonamides is 1. The molecule has 0 aliphatic rings. The highest BCUT2D eigenvalue weighted by Crippen LogP contribution is 2.22. The molecule has 0 amide bonds. The maximum absolute atomic E-state index is 11.2. The fourth-order valence-corrected chi connectivity index (χ4v) is 2.17. The van der Waals surface area contributed by atoms with Gasteiger partial charge in [0.05, 0.1) is 24.2 Å². The van der Waals surface area contributed by atoms with Crippen molar-refractivity contribution in [3.05, 3.63) is 48.3 Å². The van der Waals surface area contributed by atoms with Gasteiger partial charge in [0.25, 0.3) is 0 Å². The van der Waals surface area contributed by atoms with Gasteiger partial charge in [0.2, 0.25) is 10.0 Å². The quantitative estimate of drug-likeness (QED) is 0.774. The van der Waals surface area contributed by atoms with E-state index in [0.29, 0.717) is 12.2 Å². The highest BCUT2D eigenvalue weighted by Gasteiger charge is 2.06. The molecule has 2 rings (SSSR count). The third-order valence-corrected chi connectivity index (χ3v) is 2.94. The maximum Gasteiger partial charge on any atom is 0.229 e. The van der Waals surface area contributed by atoms with E-state index in [4.69, 9.17) is 0 Å². The van der Waals surface area contributed by atoms with Crippen LogP contribution in [0, 0.1) is 0 Å². The molecule has 0 saturated heterocycles. The predicted molar refractivity (Wildman–Crippen MR) is 73.0 cm³/mol. The molecule has 96 valence electrons. The van der Waals surface area contributed by atoms with Gasteiger partial charge in [-0.1, -0.05) is 12.1 Å². The van der Waals surface area contributed by atoms with Gasteiger partial charge in [-0.05, 0) is 24.3 Å². The molecule has 3 N–H and O–H groups in total. The molecule has 0 saturated carbocycles. The van der Waals surface area contributed by atoms with Gasteiger partial charge < -0.3 is 10.3 Å². The average molecular weight is 265 g/mol. The zero-order valence-corrected chi connectivity index (χ0v) is 10.8. The smallest absolute Gasteiger partial charge is 0.229 e. The van der Waals surface area contributed by atoms with Crippen LogP contribution in [0.3, 0.4) is 0 Å². The van der Waals surface area contributed by atoms with Crippen LogP contribution in [-0.4, -0.2) is 19.7 Å². The van der Waals surface area contributed by atoms with Gasteiger partial charge in [0, 0.05) is 11.9 Å². The minimum atomic E-state index is -3.27. The first-order valence-corrected chi connectivity index (χ1v) is 7.37. The lowest BCUT2D eigenvalue weighted by Crippen LogP contribution is -2.12. The highest BCUT2D eigenvalue weighted by molar-refractivity contribution is 7.92. The minimum Gasteiger partial charge on any atom is -0.378 e. The minimum absolute atomic E-state index is 0.548. The molecule has 0 radical (unpaired) electrons. The Bertz CT molecular complexity index is 606. The molecule has 0 bridgehead atoms. The van der Waals surface area contributed by atoms with Crippen LogP contribution in [0.25, 0.3) is 0 Å². The molecule has 5 nitrogen and oxygen atoms in total. The summed E-state index contributed by atoms with van der Waals surface area (Å²) in [7, 11) is -3.27. The van der Waals surface area contributed by atoms with Gasteiger partial charge in [-0.15, -0.1) is 0 Å². The largest absolute Gasteiger partial charge is 0.378 e. The number of hydrogen-bond donors (Lipinski definition) is 3. The summed E-state index contributed by atoms with van der Waals surface area (Å²) in [6.07, 6.45) is 2.98. The van der Waals surface area contributed by atoms with E-state index in [1.807, 2.05) is 30.5 Å². The molecule has 1 heterocycles. The van der Waals surface area contributed by atoms with Crippen molar-refractivity contribution in [2.75, 3.05) is 16.3 Å². The van der Waals surface area contributed by atoms with E-state index >= 15 is 0 Å². The van der Waals surface area contributed by atoms with E-state index in [0.717, 1.165) is 17.6 Å². The summed E-state index contributed by atoms with van der Waals surface area (Å²) in [5.41, 5.74) is 2.33. The number of hydrogen-bond acceptors (Lipinski definition) is 3. The van der Waals surface area contributed by atoms with Crippen molar-refractivity contribution in [2.45, 2.75) is 6.54 Å². The van der Waals surface area contributed by atoms with Crippen LogP contribution in [0.5, 0.6) is 0 Å². The fourth-order valence-electron chi connectivity index (χ4n) is 1.59. The molecule has 1 aromatic heterocycles. The number of nitrogens with one attached hydrogen (secondary N) is 3. The molecule has 1 aromatic carbocycles. The molecule has 0 aliphatic heterocycles. The van der Waals surface area contributed by atoms with E-state index < -0.39 is 10.0 Å². The Morgan fingerprint density at radius 3 is 2.44 bits per heavy atom. The molecule has 6 heteroatoms. The molecule has 2 aromatic rings. The molecule has 0 fully saturated rings. The first kappa shape index (κ1) is 12.5. The molecular weight excluding hydrogens is 250 g/mol. The SMILES string of the molecule is CS(=O)(=O)Nc1ccccc1NCc1ccc[nH]1. The van der Waals surface area contributed by atoms with Crippen molar-refractivity contribution in [1.29, 1.82) is 0 Å². The highest BCUT2D eigenvalue weighted by atomic mass is 32.2. The van der Waals surface area contributed by atoms with Gasteiger partial charge in [-0.25, -0.2) is 8.42 Å². The van der Waals surface area contributed by atoms with Gasteiger partial charge in [-0.3, -0.25) is 4.72 Å². The third-order valence-electron chi connectivity index (χ3n) is 2.35. The van der Waals surface area contributed by atoms with Crippen molar-refractivity contribution < 1.29 is 8.42 Å². The number of aromatic amines is 1. The fraction of sp³-hybridized carbons (Fsp3) is 0.167. The van der Waals surface area contributed by atoms with E-state index in [1.54, 1.807) is 12.1 Å². The first-order valence-electron chi connectivity index (χ1n) is 5.47. The Kier molecular flexibility index (Phi) is 3.57. The molecule has 18 heavy (non-hydrogen) atoms. The van der Waals surface area contributed by atoms with E-state index in [2.05, 4.69) is 15.0 Å². The number of H-pyrrole nitrogens is 1. The van der Waals surface area contributed by atoms with Crippen LogP contribution in [-0.2, 0) is 16.6 Å². The standard InChI is InChI=1S/C12H15N3O2S/c1-18(16,17)15-12-7-3-2-6-11(12)14-9-10-5-4-8-13-10/h2-8,13-15H,9H2,1H3. The lowest BCUT2D eigenvalue weighted by molar-refractivity contribution is 0.607. The summed E-state index contributed by atoms with van der Waals surface area (Å²) in [4.78, 5) is 3.07. The monoisotopic (exact) mass is 265 g/mol. The van der Waals surface area contributed by atoms with Crippen LogP contribution in [0.1, 0.15) is 5.69 Å². The van der Waals surface area contributed by atoms with Gasteiger partial charge in [0.1, 0.15) is 0 Å². The number of benzene rings is 1. The van der Waals surface area contributed by atoms with Gasteiger partial charge >= 0.3 is 0 Å². The zero-order chi connectivity index (χ0) is 13.0. The van der Waals surface area contributed by atoms with Crippen LogP contribution in [0.15, 0.2) is 42.6 Å². The van der Waals surface area contributed by atoms with Crippen molar-refractivity contribution in [3.8, 4) is 0 Å². The topological polar surface area (TPSA) is 74.0 Å². The van der Waals surface area contributed by atoms with E-state index in [9.17, 15) is 8.42 Å². The second-order valence-corrected chi connectivity index (χ2v) is 5.72. The lowest BCUT2D eigenvalue weighted by Gasteiger charge is -2.12. The summed E-state index contributed by atoms with van der Waals surface area (Å²) in [5.74, 6) is 0. The van der Waals surface area contributed by atoms with Crippen LogP contribution < -0.4 is 10.0 Å². The number of anilines is 2. The molecule has 0 unspecified atom stereocenters. The van der Waals surface area contributed by atoms with Crippen molar-refractivity contribution in [2.24, 2.45) is 0 Å². The number of para-hydroxylation sites is 2. The van der Waals surface area contributed by atoms with Crippen LogP contribution in [0.4, 0.5) is 11.4 Å². The molecule has 0 atom stereocenters. The number of rotatable bonds is 5. The Labute approximate surface area is 106 Å². The predicted octanol–water partition coefficient (Wildman–Crippen LogP) is 2.00. The summed E-state index contributed by atoms with van der Waals surface area (Å²) in [6.45, 7) is 0.607. The maximum atomic E-state index is 11.2. The van der Waals surface area contributed by atoms with Crippen molar-refractivity contribution in [1.82, 2.24) is 4.98 Å². The summed E-state index contributed by atoms with van der Waals surface area (Å²) in [6, 6.07) is 11.1. The van der Waals surface area contributed by atoms with Gasteiger partial charge in [-0.2, -0.15) is 0 Å². The molecule has 0 aliphatic carbocycles. The summed E-state index contributed by atoms with van der Waals surface area (Å²) < 4.78 is 25.0. The Balaban J connectivity index is 2.12. The van der Waals surface area contributed by atoms with E-state index in [1.165, 1.54) is 0 Å². The average Bonchev–Trinajstić information content (AvgIpc) is 2.79. The first-order chi connectivity index (χ1) is 8.54. The molecular formula is C12H15N3O2S. The van der Waals surface area contributed by atoms with Crippen LogP contribution >= 0.6 is 0 Å². The zero-order valence-electron chi connectivity index (χ0n) is 9.97. The van der Waals surface area contributed by atoms with Crippen molar-refractivity contribution >= 4 is 21.4 Å². The van der Waals surface area contributed by atoms with Crippen molar-refractivity contribution in [3.63, 3.8) is 0 Å². The molecule has 0 spiro atoms. The lowest BCUT2D eigenvalue weighted by atomic mass is 10.2. The second kappa shape index (κ2) is 5.14. The van der Waals surface area contributed by atoms with E-state index in [-0.39, 0.29) is 0 Å². The Morgan fingerprint density at radius 2 is 1.83 bits per heavy atom. The van der Waals surface area contributed by atoms with Gasteiger partial charge in [0.15, 0.2) is 0 Å². The summed E-state index contributed by atoms with van der Waals surface area (Å²) in [5, 5.41) is 3.18. The number of aromatic nitrogens is 1. The van der Waals surface area contributed by atoms with Crippen LogP contribution in [0.2, 0.25) is 0 Å². The summed E-state index contributed by atoms with van der Waals surface area (Å²) >= 11 is 0. The third kappa shape index (κ3) is 3.53. The Morgan fingerprint density at radius 1 is 1.11 bits per heavy atom. The second-order valence-electron chi connectivity index (χ2n) is 3.97. The normalized spacial score (nSPS) is 11.2.